The minimum absolute atomic E-state index is 0.110. The summed E-state index contributed by atoms with van der Waals surface area (Å²) in [5, 5.41) is 32.6. The van der Waals surface area contributed by atoms with Crippen LogP contribution in [0.15, 0.2) is 175 Å². The van der Waals surface area contributed by atoms with E-state index in [0.717, 1.165) is 90.4 Å². The summed E-state index contributed by atoms with van der Waals surface area (Å²) < 4.78 is 58.8. The zero-order chi connectivity index (χ0) is 77.9. The van der Waals surface area contributed by atoms with Crippen LogP contribution < -0.4 is 10.5 Å². The topological polar surface area (TPSA) is 161 Å². The number of aryl methyl sites for hydroxylation is 2. The molecule has 1 aliphatic heterocycles. The maximum Gasteiger partial charge on any atom is 0.255 e. The van der Waals surface area contributed by atoms with Gasteiger partial charge in [0, 0.05) is 92.0 Å². The van der Waals surface area contributed by atoms with Crippen LogP contribution in [0, 0.1) is 57.8 Å². The highest BCUT2D eigenvalue weighted by molar-refractivity contribution is 5.68. The second kappa shape index (κ2) is 38.5. The van der Waals surface area contributed by atoms with Crippen LogP contribution >= 0.6 is 0 Å². The van der Waals surface area contributed by atoms with Crippen LogP contribution in [-0.2, 0) is 19.7 Å². The average Bonchev–Trinajstić information content (AvgIpc) is 1.65. The molecule has 570 valence electrons. The van der Waals surface area contributed by atoms with Gasteiger partial charge in [0.25, 0.3) is 5.56 Å². The summed E-state index contributed by atoms with van der Waals surface area (Å²) in [5.41, 5.74) is 12.1. The highest BCUT2D eigenvalue weighted by Crippen LogP contribution is 2.42. The van der Waals surface area contributed by atoms with Gasteiger partial charge in [0.05, 0.1) is 52.8 Å². The molecule has 0 spiro atoms. The van der Waals surface area contributed by atoms with Gasteiger partial charge in [0.15, 0.2) is 0 Å². The second-order valence-corrected chi connectivity index (χ2v) is 31.7. The van der Waals surface area contributed by atoms with Crippen molar-refractivity contribution in [1.29, 1.82) is 5.26 Å². The highest BCUT2D eigenvalue weighted by Gasteiger charge is 2.42. The Labute approximate surface area is 633 Å². The first-order chi connectivity index (χ1) is 50.8. The summed E-state index contributed by atoms with van der Waals surface area (Å²) in [5.74, 6) is 5.13. The molecule has 7 aromatic heterocycles. The van der Waals surface area contributed by atoms with Gasteiger partial charge in [-0.05, 0) is 218 Å². The first kappa shape index (κ1) is 83.3. The molecule has 0 amide bonds. The van der Waals surface area contributed by atoms with Crippen molar-refractivity contribution in [3.8, 4) is 34.4 Å². The van der Waals surface area contributed by atoms with E-state index in [2.05, 4.69) is 180 Å². The molecule has 0 bridgehead atoms. The number of benzene rings is 3. The molecule has 8 heterocycles. The van der Waals surface area contributed by atoms with E-state index in [9.17, 15) is 27.5 Å². The van der Waals surface area contributed by atoms with Crippen molar-refractivity contribution in [2.24, 2.45) is 37.3 Å². The third-order valence-electron chi connectivity index (χ3n) is 21.2. The van der Waals surface area contributed by atoms with Crippen molar-refractivity contribution in [1.82, 2.24) is 48.9 Å². The molecule has 3 aromatic carbocycles. The zero-order valence-electron chi connectivity index (χ0n) is 66.2. The van der Waals surface area contributed by atoms with Crippen molar-refractivity contribution in [3.63, 3.8) is 0 Å². The van der Waals surface area contributed by atoms with Gasteiger partial charge >= 0.3 is 0 Å². The molecule has 14 rings (SSSR count). The molecule has 10 aromatic rings. The number of hydrogen-bond donors (Lipinski definition) is 1. The van der Waals surface area contributed by atoms with E-state index in [1.165, 1.54) is 109 Å². The molecule has 0 unspecified atom stereocenters. The largest absolute Gasteiger partial charge is 0.385 e. The molecule has 107 heavy (non-hydrogen) atoms. The Morgan fingerprint density at radius 2 is 1.13 bits per heavy atom. The van der Waals surface area contributed by atoms with Crippen molar-refractivity contribution >= 4 is 5.82 Å². The predicted molar refractivity (Wildman–Crippen MR) is 425 cm³/mol. The summed E-state index contributed by atoms with van der Waals surface area (Å²) in [6.45, 7) is 34.9. The SMILES string of the molecule is CC(C)C1(C)CN(c2ccc(F)cn2)C1.CC(C)C1CCC(n2cccn2)CC1.CC(C)c1cc(-c2ccc(F)cn2)nn1C.CC(C)c1cc(C2CC2)nn1C.CC(C)c1ccc(=O)n(-c2ccc(F)cc2)c1.CC(C)c1ccc(C2(O)CCCC2)cc1.CC(C)c1ccnc(-c2ccc(F)cc2C#N)c1. The normalized spacial score (nSPS) is 16.2. The van der Waals surface area contributed by atoms with Crippen molar-refractivity contribution in [2.45, 2.75) is 215 Å². The second-order valence-electron chi connectivity index (χ2n) is 31.7. The monoisotopic (exact) mass is 1460 g/mol. The van der Waals surface area contributed by atoms with Gasteiger partial charge in [-0.15, -0.1) is 0 Å². The molecular formula is C89H114F4N12O2. The summed E-state index contributed by atoms with van der Waals surface area (Å²) in [6, 6.07) is 41.0. The van der Waals surface area contributed by atoms with Crippen LogP contribution in [0.25, 0.3) is 28.3 Å². The lowest BCUT2D eigenvalue weighted by atomic mass is 9.72. The summed E-state index contributed by atoms with van der Waals surface area (Å²) >= 11 is 0. The number of nitrogens with zero attached hydrogens (tertiary/aromatic N) is 12. The van der Waals surface area contributed by atoms with Crippen molar-refractivity contribution < 1.29 is 22.7 Å². The number of hydrogen-bond acceptors (Lipinski definition) is 10. The number of anilines is 1. The number of pyridine rings is 4. The van der Waals surface area contributed by atoms with E-state index in [1.54, 1.807) is 48.8 Å². The van der Waals surface area contributed by atoms with Gasteiger partial charge < -0.3 is 10.0 Å². The standard InChI is InChI=1S/C15H13FN2.C14H14FNO.C14H20O.C12H14FN3.C12H17FN2.C12H20N2.C10H16N2/c1-10(2)11-5-6-18-15(8-11)14-4-3-13(16)7-12(14)9-17;1-10(2)11-3-8-14(17)16(9-11)13-6-4-12(15)5-7-13;1-11(2)12-5-7-13(8-6-12)14(15)9-3-4-10-14;1-8(2)12-6-11(15-16(12)3)10-5-4-9(13)7-14-10;1-9(2)12(3)7-15(8-12)11-5-4-10(13)6-14-11;1-10(2)11-4-6-12(7-5-11)14-9-3-8-13-14;1-7(2)10-6-9(8-4-5-8)11-12(10)3/h3-8,10H,1-2H3;3-10H,1-2H3;5-8,11,15H,3-4,9-10H2,1-2H3;4-8H,1-3H3;4-6,9H,7-8H2,1-3H3;3,8-12H,4-7H2,1-2H3;6-8H,4-5H2,1-3H3. The lowest BCUT2D eigenvalue weighted by Crippen LogP contribution is -2.57. The molecular weight excluding hydrogens is 1350 g/mol. The summed E-state index contributed by atoms with van der Waals surface area (Å²) in [6.07, 6.45) is 22.2. The lowest BCUT2D eigenvalue weighted by molar-refractivity contribution is 0.0444. The fourth-order valence-electron chi connectivity index (χ4n) is 13.6. The number of halogens is 4. The van der Waals surface area contributed by atoms with Crippen LogP contribution in [0.4, 0.5) is 23.4 Å². The number of nitriles is 1. The fraction of sp³-hybridized carbons (Fsp3) is 0.461. The number of aromatic nitrogens is 10. The Bertz CT molecular complexity index is 4450. The quantitative estimate of drug-likeness (QED) is 0.104. The lowest BCUT2D eigenvalue weighted by Gasteiger charge is -2.51. The zero-order valence-corrected chi connectivity index (χ0v) is 66.2. The first-order valence-electron chi connectivity index (χ1n) is 38.4. The molecule has 3 aliphatic carbocycles. The van der Waals surface area contributed by atoms with Crippen LogP contribution in [0.1, 0.15) is 255 Å². The Morgan fingerprint density at radius 3 is 1.64 bits per heavy atom. The Balaban J connectivity index is 0.000000158. The minimum atomic E-state index is -0.532. The van der Waals surface area contributed by atoms with Crippen molar-refractivity contribution in [2.75, 3.05) is 18.0 Å². The summed E-state index contributed by atoms with van der Waals surface area (Å²) in [7, 11) is 3.95. The molecule has 14 nitrogen and oxygen atoms in total. The van der Waals surface area contributed by atoms with Crippen LogP contribution in [-0.4, -0.2) is 67.1 Å². The van der Waals surface area contributed by atoms with E-state index in [0.29, 0.717) is 75.2 Å². The van der Waals surface area contributed by atoms with Gasteiger partial charge in [-0.1, -0.05) is 147 Å². The smallest absolute Gasteiger partial charge is 0.255 e. The predicted octanol–water partition coefficient (Wildman–Crippen LogP) is 21.7. The number of aliphatic hydroxyl groups is 1. The molecule has 4 fully saturated rings. The Morgan fingerprint density at radius 1 is 0.551 bits per heavy atom. The average molecular weight is 1460 g/mol. The molecule has 4 aliphatic rings. The number of rotatable bonds is 14. The third-order valence-corrected chi connectivity index (χ3v) is 21.2. The fourth-order valence-corrected chi connectivity index (χ4v) is 13.6. The summed E-state index contributed by atoms with van der Waals surface area (Å²) in [4.78, 5) is 26.3. The Kier molecular flexibility index (Phi) is 29.9. The van der Waals surface area contributed by atoms with Gasteiger partial charge in [-0.2, -0.15) is 20.6 Å². The van der Waals surface area contributed by atoms with E-state index < -0.39 is 11.4 Å². The van der Waals surface area contributed by atoms with Gasteiger partial charge in [0.1, 0.15) is 34.8 Å². The Hall–Kier alpha value is -9.34. The molecule has 0 atom stereocenters. The molecule has 18 heteroatoms. The molecule has 1 N–H and O–H groups in total. The van der Waals surface area contributed by atoms with Gasteiger partial charge in [0.2, 0.25) is 0 Å². The van der Waals surface area contributed by atoms with E-state index in [1.807, 2.05) is 66.1 Å². The van der Waals surface area contributed by atoms with Crippen LogP contribution in [0.5, 0.6) is 0 Å². The van der Waals surface area contributed by atoms with Crippen molar-refractivity contribution in [3.05, 3.63) is 249 Å². The van der Waals surface area contributed by atoms with Crippen LogP contribution in [0.2, 0.25) is 0 Å². The maximum atomic E-state index is 13.1. The van der Waals surface area contributed by atoms with Gasteiger partial charge in [-0.3, -0.25) is 33.4 Å². The van der Waals surface area contributed by atoms with E-state index >= 15 is 0 Å². The van der Waals surface area contributed by atoms with Crippen LogP contribution in [0.3, 0.4) is 0 Å². The molecule has 0 radical (unpaired) electrons. The highest BCUT2D eigenvalue weighted by atomic mass is 19.1. The third kappa shape index (κ3) is 23.6. The van der Waals surface area contributed by atoms with E-state index in [4.69, 9.17) is 5.26 Å². The van der Waals surface area contributed by atoms with E-state index in [-0.39, 0.29) is 23.0 Å². The van der Waals surface area contributed by atoms with Gasteiger partial charge in [-0.25, -0.2) is 22.5 Å². The molecule has 1 saturated heterocycles. The maximum absolute atomic E-state index is 13.1. The first-order valence-corrected chi connectivity index (χ1v) is 38.4. The molecule has 3 saturated carbocycles. The minimum Gasteiger partial charge on any atom is -0.385 e.